The van der Waals surface area contributed by atoms with Crippen molar-refractivity contribution in [1.29, 1.82) is 10.5 Å². The number of rotatable bonds is 3. The zero-order chi connectivity index (χ0) is 20.4. The summed E-state index contributed by atoms with van der Waals surface area (Å²) in [6, 6.07) is 21.7. The molecule has 1 aliphatic rings. The lowest BCUT2D eigenvalue weighted by molar-refractivity contribution is 0.208. The zero-order valence-electron chi connectivity index (χ0n) is 15.4. The van der Waals surface area contributed by atoms with E-state index in [0.29, 0.717) is 45.5 Å². The molecule has 0 saturated heterocycles. The van der Waals surface area contributed by atoms with Crippen molar-refractivity contribution in [2.75, 3.05) is 12.0 Å². The molecule has 142 valence electrons. The van der Waals surface area contributed by atoms with Crippen LogP contribution < -0.4 is 5.32 Å². The number of benzene rings is 2. The maximum Gasteiger partial charge on any atom is 0.128 e. The Bertz CT molecular complexity index is 1200. The molecule has 1 aromatic heterocycles. The SMILES string of the molecule is N#Cc1c(-c2ccc(Cl)cc2)c(C#N)c(=S)n2c1NCN(Cc1ccccc1)C2. The van der Waals surface area contributed by atoms with Crippen molar-refractivity contribution in [3.63, 3.8) is 0 Å². The number of hydrogen-bond acceptors (Lipinski definition) is 5. The van der Waals surface area contributed by atoms with Gasteiger partial charge in [0.2, 0.25) is 0 Å². The van der Waals surface area contributed by atoms with E-state index in [0.717, 1.165) is 12.1 Å². The van der Waals surface area contributed by atoms with Crippen LogP contribution in [0.15, 0.2) is 54.6 Å². The first-order valence-electron chi connectivity index (χ1n) is 8.99. The number of pyridine rings is 1. The van der Waals surface area contributed by atoms with Gasteiger partial charge in [-0.2, -0.15) is 10.5 Å². The summed E-state index contributed by atoms with van der Waals surface area (Å²) >= 11 is 11.7. The number of hydrogen-bond donors (Lipinski definition) is 1. The van der Waals surface area contributed by atoms with Crippen molar-refractivity contribution < 1.29 is 0 Å². The predicted molar refractivity (Wildman–Crippen MR) is 116 cm³/mol. The van der Waals surface area contributed by atoms with E-state index >= 15 is 0 Å². The van der Waals surface area contributed by atoms with E-state index in [2.05, 4.69) is 34.5 Å². The highest BCUT2D eigenvalue weighted by Crippen LogP contribution is 2.35. The third kappa shape index (κ3) is 3.62. The fourth-order valence-corrected chi connectivity index (χ4v) is 3.97. The van der Waals surface area contributed by atoms with Crippen LogP contribution in [0.5, 0.6) is 0 Å². The van der Waals surface area contributed by atoms with Crippen LogP contribution in [0.1, 0.15) is 16.7 Å². The number of fused-ring (bicyclic) bond motifs is 1. The molecular formula is C22H16ClN5S. The van der Waals surface area contributed by atoms with Gasteiger partial charge in [-0.3, -0.25) is 4.90 Å². The van der Waals surface area contributed by atoms with Crippen molar-refractivity contribution >= 4 is 29.6 Å². The summed E-state index contributed by atoms with van der Waals surface area (Å²) in [7, 11) is 0. The second-order valence-corrected chi connectivity index (χ2v) is 7.55. The third-order valence-corrected chi connectivity index (χ3v) is 5.56. The van der Waals surface area contributed by atoms with Gasteiger partial charge in [-0.05, 0) is 23.3 Å². The van der Waals surface area contributed by atoms with Crippen molar-refractivity contribution in [1.82, 2.24) is 9.47 Å². The van der Waals surface area contributed by atoms with E-state index < -0.39 is 0 Å². The Morgan fingerprint density at radius 2 is 1.69 bits per heavy atom. The molecule has 2 heterocycles. The molecule has 7 heteroatoms. The van der Waals surface area contributed by atoms with Gasteiger partial charge < -0.3 is 9.88 Å². The molecule has 0 aliphatic carbocycles. The largest absolute Gasteiger partial charge is 0.357 e. The fraction of sp³-hybridized carbons (Fsp3) is 0.136. The van der Waals surface area contributed by atoms with Gasteiger partial charge in [0.1, 0.15) is 28.2 Å². The normalized spacial score (nSPS) is 13.1. The molecule has 0 saturated carbocycles. The molecule has 0 spiro atoms. The van der Waals surface area contributed by atoms with Crippen LogP contribution in [0.3, 0.4) is 0 Å². The minimum Gasteiger partial charge on any atom is -0.357 e. The van der Waals surface area contributed by atoms with Crippen molar-refractivity contribution in [3.8, 4) is 23.3 Å². The van der Waals surface area contributed by atoms with Crippen LogP contribution in [-0.2, 0) is 13.2 Å². The average molecular weight is 418 g/mol. The Labute approximate surface area is 179 Å². The summed E-state index contributed by atoms with van der Waals surface area (Å²) < 4.78 is 2.25. The molecule has 3 aromatic rings. The summed E-state index contributed by atoms with van der Waals surface area (Å²) in [6.07, 6.45) is 0. The number of nitrogens with one attached hydrogen (secondary N) is 1. The molecule has 4 rings (SSSR count). The summed E-state index contributed by atoms with van der Waals surface area (Å²) in [6.45, 7) is 1.81. The minimum atomic E-state index is 0.325. The Hall–Kier alpha value is -3.16. The van der Waals surface area contributed by atoms with Gasteiger partial charge in [0.15, 0.2) is 0 Å². The molecule has 0 amide bonds. The second kappa shape index (κ2) is 8.06. The molecule has 5 nitrogen and oxygen atoms in total. The molecule has 0 unspecified atom stereocenters. The van der Waals surface area contributed by atoms with Gasteiger partial charge in [-0.25, -0.2) is 0 Å². The van der Waals surface area contributed by atoms with Crippen molar-refractivity contribution in [2.24, 2.45) is 0 Å². The van der Waals surface area contributed by atoms with E-state index in [4.69, 9.17) is 23.8 Å². The Kier molecular flexibility index (Phi) is 5.33. The van der Waals surface area contributed by atoms with E-state index in [1.165, 1.54) is 5.56 Å². The van der Waals surface area contributed by atoms with Crippen LogP contribution >= 0.6 is 23.8 Å². The maximum atomic E-state index is 9.92. The van der Waals surface area contributed by atoms with Crippen molar-refractivity contribution in [3.05, 3.63) is 81.0 Å². The monoisotopic (exact) mass is 417 g/mol. The van der Waals surface area contributed by atoms with E-state index in [1.54, 1.807) is 24.3 Å². The van der Waals surface area contributed by atoms with Crippen LogP contribution in [-0.4, -0.2) is 16.1 Å². The van der Waals surface area contributed by atoms with Crippen LogP contribution in [0.2, 0.25) is 5.02 Å². The Balaban J connectivity index is 1.81. The minimum absolute atomic E-state index is 0.325. The Morgan fingerprint density at radius 1 is 1.00 bits per heavy atom. The van der Waals surface area contributed by atoms with Crippen molar-refractivity contribution in [2.45, 2.75) is 13.2 Å². The van der Waals surface area contributed by atoms with E-state index in [-0.39, 0.29) is 0 Å². The molecule has 2 aromatic carbocycles. The lowest BCUT2D eigenvalue weighted by Crippen LogP contribution is -2.38. The smallest absolute Gasteiger partial charge is 0.128 e. The lowest BCUT2D eigenvalue weighted by Gasteiger charge is -2.33. The standard InChI is InChI=1S/C22H16ClN5S/c23-17-8-6-16(7-9-17)20-18(10-24)21-26-13-27(12-15-4-2-1-3-5-15)14-28(21)22(29)19(20)11-25/h1-9,26H,12-14H2. The lowest BCUT2D eigenvalue weighted by atomic mass is 9.96. The van der Waals surface area contributed by atoms with Gasteiger partial charge in [-0.1, -0.05) is 66.3 Å². The number of nitriles is 2. The van der Waals surface area contributed by atoms with Crippen LogP contribution in [0, 0.1) is 27.3 Å². The van der Waals surface area contributed by atoms with Gasteiger partial charge in [0.25, 0.3) is 0 Å². The summed E-state index contributed by atoms with van der Waals surface area (Å²) in [5.74, 6) is 0.644. The predicted octanol–water partition coefficient (Wildman–Crippen LogP) is 5.12. The summed E-state index contributed by atoms with van der Waals surface area (Å²) in [4.78, 5) is 2.17. The van der Waals surface area contributed by atoms with E-state index in [1.807, 2.05) is 22.8 Å². The zero-order valence-corrected chi connectivity index (χ0v) is 17.0. The summed E-state index contributed by atoms with van der Waals surface area (Å²) in [5.41, 5.74) is 3.21. The molecular weight excluding hydrogens is 402 g/mol. The Morgan fingerprint density at radius 3 is 2.34 bits per heavy atom. The molecule has 29 heavy (non-hydrogen) atoms. The maximum absolute atomic E-state index is 9.92. The van der Waals surface area contributed by atoms with Gasteiger partial charge in [0.05, 0.1) is 18.9 Å². The molecule has 0 fully saturated rings. The highest BCUT2D eigenvalue weighted by Gasteiger charge is 2.25. The summed E-state index contributed by atoms with van der Waals surface area (Å²) in [5, 5.41) is 23.7. The number of halogens is 1. The second-order valence-electron chi connectivity index (χ2n) is 6.73. The molecule has 0 atom stereocenters. The van der Waals surface area contributed by atoms with Gasteiger partial charge in [-0.15, -0.1) is 0 Å². The fourth-order valence-electron chi connectivity index (χ4n) is 3.54. The highest BCUT2D eigenvalue weighted by atomic mass is 35.5. The first kappa shape index (κ1) is 19.2. The van der Waals surface area contributed by atoms with Gasteiger partial charge >= 0.3 is 0 Å². The van der Waals surface area contributed by atoms with Gasteiger partial charge in [0, 0.05) is 17.1 Å². The number of nitrogens with zero attached hydrogens (tertiary/aromatic N) is 4. The van der Waals surface area contributed by atoms with Crippen LogP contribution in [0.4, 0.5) is 5.82 Å². The third-order valence-electron chi connectivity index (χ3n) is 4.88. The van der Waals surface area contributed by atoms with E-state index in [9.17, 15) is 10.5 Å². The first-order valence-corrected chi connectivity index (χ1v) is 9.78. The topological polar surface area (TPSA) is 67.8 Å². The number of anilines is 1. The first-order chi connectivity index (χ1) is 14.1. The molecule has 0 bridgehead atoms. The molecule has 1 aliphatic heterocycles. The molecule has 1 N–H and O–H groups in total. The van der Waals surface area contributed by atoms with Crippen LogP contribution in [0.25, 0.3) is 11.1 Å². The highest BCUT2D eigenvalue weighted by molar-refractivity contribution is 7.71. The average Bonchev–Trinajstić information content (AvgIpc) is 2.75. The number of aromatic nitrogens is 1. The quantitative estimate of drug-likeness (QED) is 0.599. The molecule has 0 radical (unpaired) electrons.